The lowest BCUT2D eigenvalue weighted by molar-refractivity contribution is 1.63. The summed E-state index contributed by atoms with van der Waals surface area (Å²) in [7, 11) is 0. The Morgan fingerprint density at radius 3 is 1.57 bits per heavy atom. The van der Waals surface area contributed by atoms with Crippen molar-refractivity contribution < 1.29 is 0 Å². The van der Waals surface area contributed by atoms with Gasteiger partial charge in [-0.3, -0.25) is 0 Å². The highest BCUT2D eigenvalue weighted by Crippen LogP contribution is 2.30. The molecule has 0 fully saturated rings. The lowest BCUT2D eigenvalue weighted by Crippen LogP contribution is -1.78. The normalized spacial score (nSPS) is 12.7. The van der Waals surface area contributed by atoms with Crippen molar-refractivity contribution in [1.82, 2.24) is 0 Å². The van der Waals surface area contributed by atoms with Crippen molar-refractivity contribution in [2.24, 2.45) is 0 Å². The van der Waals surface area contributed by atoms with E-state index in [2.05, 4.69) is 48.9 Å². The number of rotatable bonds is 2. The highest BCUT2D eigenvalue weighted by atomic mass is 32.1. The maximum Gasteiger partial charge on any atom is 0.0302 e. The molecular weight excluding hydrogens is 208 g/mol. The molecule has 2 rings (SSSR count). The second-order valence-corrected chi connectivity index (χ2v) is 5.10. The zero-order valence-electron chi connectivity index (χ0n) is 8.28. The predicted octanol–water partition coefficient (Wildman–Crippen LogP) is 4.76. The van der Waals surface area contributed by atoms with Crippen LogP contribution in [0.5, 0.6) is 0 Å². The second-order valence-electron chi connectivity index (χ2n) is 3.20. The summed E-state index contributed by atoms with van der Waals surface area (Å²) < 4.78 is 0. The molecule has 0 saturated carbocycles. The molecular formula is C12H12S2. The van der Waals surface area contributed by atoms with E-state index < -0.39 is 0 Å². The molecule has 2 heterocycles. The zero-order valence-corrected chi connectivity index (χ0v) is 9.91. The van der Waals surface area contributed by atoms with E-state index in [1.54, 1.807) is 22.7 Å². The second kappa shape index (κ2) is 4.11. The van der Waals surface area contributed by atoms with Crippen molar-refractivity contribution in [2.45, 2.75) is 13.8 Å². The quantitative estimate of drug-likeness (QED) is 0.684. The lowest BCUT2D eigenvalue weighted by atomic mass is 10.1. The Labute approximate surface area is 92.5 Å². The summed E-state index contributed by atoms with van der Waals surface area (Å²) >= 11 is 3.61. The number of thiophene rings is 2. The third-order valence-electron chi connectivity index (χ3n) is 2.34. The Kier molecular flexibility index (Phi) is 2.85. The molecule has 72 valence electrons. The predicted molar refractivity (Wildman–Crippen MR) is 66.8 cm³/mol. The molecule has 0 nitrogen and oxygen atoms in total. The summed E-state index contributed by atoms with van der Waals surface area (Å²) in [6, 6.07) is 8.56. The average Bonchev–Trinajstić information content (AvgIpc) is 2.87. The minimum Gasteiger partial charge on any atom is -0.144 e. The van der Waals surface area contributed by atoms with Gasteiger partial charge < -0.3 is 0 Å². The molecule has 2 aromatic heterocycles. The number of hydrogen-bond donors (Lipinski definition) is 0. The van der Waals surface area contributed by atoms with Gasteiger partial charge in [-0.1, -0.05) is 12.1 Å². The van der Waals surface area contributed by atoms with Crippen molar-refractivity contribution in [1.29, 1.82) is 0 Å². The van der Waals surface area contributed by atoms with Crippen LogP contribution >= 0.6 is 22.7 Å². The minimum atomic E-state index is 1.37. The van der Waals surface area contributed by atoms with Gasteiger partial charge in [-0.25, -0.2) is 0 Å². The van der Waals surface area contributed by atoms with Gasteiger partial charge in [-0.05, 0) is 47.9 Å². The molecule has 0 aliphatic heterocycles. The van der Waals surface area contributed by atoms with Crippen LogP contribution in [0.2, 0.25) is 0 Å². The highest BCUT2D eigenvalue weighted by molar-refractivity contribution is 7.12. The summed E-state index contributed by atoms with van der Waals surface area (Å²) in [6.07, 6.45) is 0. The van der Waals surface area contributed by atoms with Gasteiger partial charge in [-0.15, -0.1) is 22.7 Å². The topological polar surface area (TPSA) is 0 Å². The van der Waals surface area contributed by atoms with Crippen LogP contribution in [0.3, 0.4) is 0 Å². The largest absolute Gasteiger partial charge is 0.144 e. The Morgan fingerprint density at radius 2 is 1.29 bits per heavy atom. The monoisotopic (exact) mass is 220 g/mol. The molecule has 2 heteroatoms. The first-order valence-electron chi connectivity index (χ1n) is 4.54. The third kappa shape index (κ3) is 1.81. The molecule has 0 N–H and O–H groups in total. The summed E-state index contributed by atoms with van der Waals surface area (Å²) in [6.45, 7) is 4.39. The van der Waals surface area contributed by atoms with E-state index in [-0.39, 0.29) is 0 Å². The fourth-order valence-corrected chi connectivity index (χ4v) is 2.93. The maximum absolute atomic E-state index is 2.20. The van der Waals surface area contributed by atoms with Crippen molar-refractivity contribution >= 4 is 33.8 Å². The Hall–Kier alpha value is -0.860. The van der Waals surface area contributed by atoms with Crippen molar-refractivity contribution in [3.8, 4) is 0 Å². The van der Waals surface area contributed by atoms with Crippen LogP contribution in [0.1, 0.15) is 23.6 Å². The molecule has 0 bridgehead atoms. The first kappa shape index (κ1) is 9.69. The summed E-state index contributed by atoms with van der Waals surface area (Å²) in [4.78, 5) is 2.74. The summed E-state index contributed by atoms with van der Waals surface area (Å²) in [5, 5.41) is 4.25. The molecule has 2 aromatic rings. The van der Waals surface area contributed by atoms with Gasteiger partial charge in [0, 0.05) is 9.75 Å². The van der Waals surface area contributed by atoms with Crippen molar-refractivity contribution in [2.75, 3.05) is 0 Å². The minimum absolute atomic E-state index is 1.37. The highest BCUT2D eigenvalue weighted by Gasteiger charge is 2.04. The molecule has 0 saturated heterocycles. The van der Waals surface area contributed by atoms with E-state index in [0.717, 1.165) is 0 Å². The Bertz CT molecular complexity index is 377. The molecule has 0 atom stereocenters. The van der Waals surface area contributed by atoms with E-state index in [1.807, 2.05) is 0 Å². The van der Waals surface area contributed by atoms with Gasteiger partial charge in [0.15, 0.2) is 0 Å². The third-order valence-corrected chi connectivity index (χ3v) is 4.32. The fraction of sp³-hybridized carbons (Fsp3) is 0.167. The van der Waals surface area contributed by atoms with E-state index in [0.29, 0.717) is 0 Å². The van der Waals surface area contributed by atoms with E-state index in [9.17, 15) is 0 Å². The van der Waals surface area contributed by atoms with E-state index in [1.165, 1.54) is 20.9 Å². The number of allylic oxidation sites excluding steroid dienone is 2. The Morgan fingerprint density at radius 1 is 0.857 bits per heavy atom. The van der Waals surface area contributed by atoms with Crippen LogP contribution in [-0.2, 0) is 0 Å². The van der Waals surface area contributed by atoms with E-state index in [4.69, 9.17) is 0 Å². The molecule has 0 spiro atoms. The van der Waals surface area contributed by atoms with E-state index >= 15 is 0 Å². The lowest BCUT2D eigenvalue weighted by Gasteiger charge is -2.03. The molecule has 0 radical (unpaired) electrons. The molecule has 0 aromatic carbocycles. The van der Waals surface area contributed by atoms with Gasteiger partial charge in [0.1, 0.15) is 0 Å². The Balaban J connectivity index is 2.41. The van der Waals surface area contributed by atoms with Crippen LogP contribution in [0, 0.1) is 0 Å². The number of hydrogen-bond acceptors (Lipinski definition) is 2. The van der Waals surface area contributed by atoms with Crippen LogP contribution in [0.4, 0.5) is 0 Å². The standard InChI is InChI=1S/C12H12S2/c1-9(11-5-3-7-13-11)10(2)12-6-4-8-14-12/h3-8H,1-2H3. The zero-order chi connectivity index (χ0) is 9.97. The SMILES string of the molecule is CC(=C(C)c1cccs1)c1cccs1. The molecule has 0 amide bonds. The van der Waals surface area contributed by atoms with Crippen LogP contribution < -0.4 is 0 Å². The molecule has 0 unspecified atom stereocenters. The molecule has 14 heavy (non-hydrogen) atoms. The summed E-state index contributed by atoms with van der Waals surface area (Å²) in [5.41, 5.74) is 2.78. The van der Waals surface area contributed by atoms with Crippen LogP contribution in [0.25, 0.3) is 11.1 Å². The summed E-state index contributed by atoms with van der Waals surface area (Å²) in [5.74, 6) is 0. The van der Waals surface area contributed by atoms with Crippen LogP contribution in [-0.4, -0.2) is 0 Å². The molecule has 0 aliphatic carbocycles. The first-order valence-corrected chi connectivity index (χ1v) is 6.30. The van der Waals surface area contributed by atoms with Crippen LogP contribution in [0.15, 0.2) is 35.0 Å². The maximum atomic E-state index is 2.20. The van der Waals surface area contributed by atoms with Gasteiger partial charge >= 0.3 is 0 Å². The average molecular weight is 220 g/mol. The van der Waals surface area contributed by atoms with Gasteiger partial charge in [0.05, 0.1) is 0 Å². The van der Waals surface area contributed by atoms with Gasteiger partial charge in [0.25, 0.3) is 0 Å². The smallest absolute Gasteiger partial charge is 0.0302 e. The first-order chi connectivity index (χ1) is 6.79. The van der Waals surface area contributed by atoms with Gasteiger partial charge in [-0.2, -0.15) is 0 Å². The fourth-order valence-electron chi connectivity index (χ4n) is 1.35. The van der Waals surface area contributed by atoms with Crippen molar-refractivity contribution in [3.05, 3.63) is 44.8 Å². The molecule has 0 aliphatic rings. The van der Waals surface area contributed by atoms with Crippen molar-refractivity contribution in [3.63, 3.8) is 0 Å². The van der Waals surface area contributed by atoms with Gasteiger partial charge in [0.2, 0.25) is 0 Å².